The van der Waals surface area contributed by atoms with E-state index in [-0.39, 0.29) is 6.04 Å². The van der Waals surface area contributed by atoms with E-state index >= 15 is 0 Å². The molecule has 0 saturated carbocycles. The van der Waals surface area contributed by atoms with Crippen LogP contribution < -0.4 is 10.6 Å². The second kappa shape index (κ2) is 9.11. The van der Waals surface area contributed by atoms with Crippen LogP contribution >= 0.6 is 0 Å². The summed E-state index contributed by atoms with van der Waals surface area (Å²) in [5.74, 6) is 4.16. The lowest BCUT2D eigenvalue weighted by Gasteiger charge is -2.34. The first-order valence-corrected chi connectivity index (χ1v) is 9.23. The lowest BCUT2D eigenvalue weighted by atomic mass is 9.97. The van der Waals surface area contributed by atoms with Crippen LogP contribution in [0.2, 0.25) is 0 Å². The maximum absolute atomic E-state index is 5.68. The second-order valence-corrected chi connectivity index (χ2v) is 7.43. The van der Waals surface area contributed by atoms with Crippen LogP contribution in [-0.4, -0.2) is 44.1 Å². The van der Waals surface area contributed by atoms with E-state index in [2.05, 4.69) is 41.3 Å². The fraction of sp³-hybridized carbons (Fsp3) is 0.737. The Kier molecular flexibility index (Phi) is 7.16. The van der Waals surface area contributed by atoms with Crippen LogP contribution in [0.25, 0.3) is 0 Å². The molecule has 5 heteroatoms. The van der Waals surface area contributed by atoms with Crippen LogP contribution in [0, 0.1) is 18.8 Å². The molecular weight excluding hydrogens is 300 g/mol. The van der Waals surface area contributed by atoms with Gasteiger partial charge in [0, 0.05) is 26.7 Å². The fourth-order valence-corrected chi connectivity index (χ4v) is 3.40. The minimum Gasteiger partial charge on any atom is -0.464 e. The van der Waals surface area contributed by atoms with Crippen molar-refractivity contribution in [3.63, 3.8) is 0 Å². The Bertz CT molecular complexity index is 523. The van der Waals surface area contributed by atoms with Gasteiger partial charge in [-0.05, 0) is 57.2 Å². The van der Waals surface area contributed by atoms with E-state index in [9.17, 15) is 0 Å². The van der Waals surface area contributed by atoms with Crippen molar-refractivity contribution in [1.29, 1.82) is 0 Å². The number of rotatable bonds is 6. The Hall–Kier alpha value is -1.49. The number of nitrogens with zero attached hydrogens (tertiary/aromatic N) is 2. The molecule has 0 bridgehead atoms. The molecule has 1 fully saturated rings. The highest BCUT2D eigenvalue weighted by Gasteiger charge is 2.21. The van der Waals surface area contributed by atoms with Gasteiger partial charge in [-0.2, -0.15) is 0 Å². The number of likely N-dealkylation sites (tertiary alicyclic amines) is 1. The van der Waals surface area contributed by atoms with E-state index in [4.69, 9.17) is 4.42 Å². The molecule has 2 atom stereocenters. The van der Waals surface area contributed by atoms with Gasteiger partial charge in [-0.15, -0.1) is 0 Å². The molecule has 1 saturated heterocycles. The van der Waals surface area contributed by atoms with Gasteiger partial charge in [0.05, 0.1) is 6.04 Å². The maximum atomic E-state index is 5.68. The van der Waals surface area contributed by atoms with Gasteiger partial charge in [-0.1, -0.05) is 13.8 Å². The van der Waals surface area contributed by atoms with Gasteiger partial charge in [0.2, 0.25) is 0 Å². The Morgan fingerprint density at radius 1 is 1.38 bits per heavy atom. The number of furan rings is 1. The summed E-state index contributed by atoms with van der Waals surface area (Å²) in [5, 5.41) is 6.90. The van der Waals surface area contributed by atoms with Gasteiger partial charge in [0.25, 0.3) is 0 Å². The molecule has 5 nitrogen and oxygen atoms in total. The molecule has 2 N–H and O–H groups in total. The Balaban J connectivity index is 1.78. The normalized spacial score (nSPS) is 21.1. The summed E-state index contributed by atoms with van der Waals surface area (Å²) < 4.78 is 5.68. The van der Waals surface area contributed by atoms with Crippen molar-refractivity contribution in [2.24, 2.45) is 16.8 Å². The van der Waals surface area contributed by atoms with E-state index in [0.29, 0.717) is 5.92 Å². The second-order valence-electron chi connectivity index (χ2n) is 7.43. The number of piperidine rings is 1. The molecule has 1 aliphatic heterocycles. The molecule has 2 heterocycles. The van der Waals surface area contributed by atoms with E-state index < -0.39 is 0 Å². The highest BCUT2D eigenvalue weighted by Crippen LogP contribution is 2.17. The standard InChI is InChI=1S/C19H34N4O/c1-14(2)12-23-10-6-7-17(13-23)11-21-19(20-5)22-16(4)18-9-8-15(3)24-18/h8-9,14,16-17H,6-7,10-13H2,1-5H3,(H2,20,21,22). The molecule has 0 aliphatic carbocycles. The molecule has 0 radical (unpaired) electrons. The minimum absolute atomic E-state index is 0.105. The maximum Gasteiger partial charge on any atom is 0.191 e. The number of aliphatic imine (C=N–C) groups is 1. The van der Waals surface area contributed by atoms with Gasteiger partial charge < -0.3 is 20.0 Å². The summed E-state index contributed by atoms with van der Waals surface area (Å²) >= 11 is 0. The third kappa shape index (κ3) is 5.86. The summed E-state index contributed by atoms with van der Waals surface area (Å²) in [4.78, 5) is 6.95. The van der Waals surface area contributed by atoms with Gasteiger partial charge in [-0.25, -0.2) is 0 Å². The topological polar surface area (TPSA) is 52.8 Å². The van der Waals surface area contributed by atoms with Crippen molar-refractivity contribution in [1.82, 2.24) is 15.5 Å². The number of hydrogen-bond acceptors (Lipinski definition) is 3. The minimum atomic E-state index is 0.105. The molecule has 1 aromatic rings. The first kappa shape index (κ1) is 18.8. The van der Waals surface area contributed by atoms with Crippen LogP contribution in [0.1, 0.15) is 51.2 Å². The Morgan fingerprint density at radius 3 is 2.79 bits per heavy atom. The summed E-state index contributed by atoms with van der Waals surface area (Å²) in [6.07, 6.45) is 2.60. The summed E-state index contributed by atoms with van der Waals surface area (Å²) in [6, 6.07) is 4.12. The van der Waals surface area contributed by atoms with Crippen LogP contribution in [0.5, 0.6) is 0 Å². The third-order valence-electron chi connectivity index (χ3n) is 4.55. The van der Waals surface area contributed by atoms with Crippen molar-refractivity contribution in [2.45, 2.75) is 46.6 Å². The van der Waals surface area contributed by atoms with Gasteiger partial charge in [0.15, 0.2) is 5.96 Å². The van der Waals surface area contributed by atoms with Gasteiger partial charge >= 0.3 is 0 Å². The quantitative estimate of drug-likeness (QED) is 0.620. The largest absolute Gasteiger partial charge is 0.464 e. The van der Waals surface area contributed by atoms with Crippen molar-refractivity contribution in [3.05, 3.63) is 23.7 Å². The monoisotopic (exact) mass is 334 g/mol. The molecule has 1 aromatic heterocycles. The van der Waals surface area contributed by atoms with Crippen molar-refractivity contribution >= 4 is 5.96 Å². The Labute approximate surface area is 146 Å². The number of aryl methyl sites for hydroxylation is 1. The molecule has 2 unspecified atom stereocenters. The molecule has 0 aromatic carbocycles. The van der Waals surface area contributed by atoms with Crippen LogP contribution in [-0.2, 0) is 0 Å². The summed E-state index contributed by atoms with van der Waals surface area (Å²) in [7, 11) is 1.82. The van der Waals surface area contributed by atoms with E-state index in [1.165, 1.54) is 32.5 Å². The zero-order chi connectivity index (χ0) is 17.5. The van der Waals surface area contributed by atoms with Crippen LogP contribution in [0.3, 0.4) is 0 Å². The zero-order valence-corrected chi connectivity index (χ0v) is 15.9. The van der Waals surface area contributed by atoms with Crippen LogP contribution in [0.4, 0.5) is 0 Å². The zero-order valence-electron chi connectivity index (χ0n) is 15.9. The highest BCUT2D eigenvalue weighted by molar-refractivity contribution is 5.80. The molecule has 24 heavy (non-hydrogen) atoms. The van der Waals surface area contributed by atoms with Crippen molar-refractivity contribution < 1.29 is 4.42 Å². The SMILES string of the molecule is CN=C(NCC1CCCN(CC(C)C)C1)NC(C)c1ccc(C)o1. The number of guanidine groups is 1. The molecule has 2 rings (SSSR count). The van der Waals surface area contributed by atoms with Gasteiger partial charge in [-0.3, -0.25) is 4.99 Å². The third-order valence-corrected chi connectivity index (χ3v) is 4.55. The van der Waals surface area contributed by atoms with Crippen LogP contribution in [0.15, 0.2) is 21.5 Å². The fourth-order valence-electron chi connectivity index (χ4n) is 3.40. The number of nitrogens with one attached hydrogen (secondary N) is 2. The predicted molar refractivity (Wildman–Crippen MR) is 100 cm³/mol. The van der Waals surface area contributed by atoms with Crippen molar-refractivity contribution in [3.8, 4) is 0 Å². The van der Waals surface area contributed by atoms with E-state index in [1.54, 1.807) is 0 Å². The van der Waals surface area contributed by atoms with Crippen molar-refractivity contribution in [2.75, 3.05) is 33.2 Å². The molecule has 136 valence electrons. The molecule has 0 spiro atoms. The smallest absolute Gasteiger partial charge is 0.191 e. The predicted octanol–water partition coefficient (Wildman–Crippen LogP) is 3.18. The number of hydrogen-bond donors (Lipinski definition) is 2. The lowest BCUT2D eigenvalue weighted by molar-refractivity contribution is 0.159. The average Bonchev–Trinajstić information content (AvgIpc) is 2.97. The molecule has 0 amide bonds. The summed E-state index contributed by atoms with van der Waals surface area (Å²) in [5.41, 5.74) is 0. The lowest BCUT2D eigenvalue weighted by Crippen LogP contribution is -2.45. The van der Waals surface area contributed by atoms with E-state index in [1.807, 2.05) is 26.1 Å². The average molecular weight is 335 g/mol. The summed E-state index contributed by atoms with van der Waals surface area (Å²) in [6.45, 7) is 13.3. The highest BCUT2D eigenvalue weighted by atomic mass is 16.3. The molecule has 1 aliphatic rings. The van der Waals surface area contributed by atoms with E-state index in [0.717, 1.165) is 29.9 Å². The first-order chi connectivity index (χ1) is 11.5. The molecular formula is C19H34N4O. The first-order valence-electron chi connectivity index (χ1n) is 9.23. The Morgan fingerprint density at radius 2 is 2.17 bits per heavy atom. The van der Waals surface area contributed by atoms with Gasteiger partial charge in [0.1, 0.15) is 11.5 Å².